The molecule has 1 amide bonds. The van der Waals surface area contributed by atoms with E-state index in [1.807, 2.05) is 4.90 Å². The Morgan fingerprint density at radius 3 is 2.47 bits per heavy atom. The first-order valence-corrected chi connectivity index (χ1v) is 6.40. The smallest absolute Gasteiger partial charge is 0.303 e. The third-order valence-corrected chi connectivity index (χ3v) is 3.28. The van der Waals surface area contributed by atoms with Crippen LogP contribution in [0.4, 0.5) is 0 Å². The molecule has 0 spiro atoms. The summed E-state index contributed by atoms with van der Waals surface area (Å²) < 4.78 is 0. The van der Waals surface area contributed by atoms with E-state index in [1.165, 1.54) is 6.42 Å². The van der Waals surface area contributed by atoms with E-state index in [2.05, 4.69) is 13.8 Å². The van der Waals surface area contributed by atoms with Gasteiger partial charge in [-0.2, -0.15) is 0 Å². The molecule has 0 aliphatic carbocycles. The summed E-state index contributed by atoms with van der Waals surface area (Å²) in [7, 11) is 0. The Morgan fingerprint density at radius 2 is 1.88 bits per heavy atom. The van der Waals surface area contributed by atoms with Crippen molar-refractivity contribution in [2.24, 2.45) is 5.41 Å². The minimum atomic E-state index is -0.781. The predicted molar refractivity (Wildman–Crippen MR) is 65.7 cm³/mol. The third-order valence-electron chi connectivity index (χ3n) is 3.28. The third kappa shape index (κ3) is 5.20. The van der Waals surface area contributed by atoms with Gasteiger partial charge in [0, 0.05) is 25.9 Å². The van der Waals surface area contributed by atoms with E-state index < -0.39 is 5.97 Å². The standard InChI is InChI=1S/C13H23NO3/c1-13(2)8-5-9-14(10-13)11(15)6-3-4-7-12(16)17/h3-10H2,1-2H3,(H,16,17). The van der Waals surface area contributed by atoms with Gasteiger partial charge in [-0.05, 0) is 31.1 Å². The lowest BCUT2D eigenvalue weighted by molar-refractivity contribution is -0.138. The lowest BCUT2D eigenvalue weighted by atomic mass is 9.84. The molecule has 0 aromatic heterocycles. The average molecular weight is 241 g/mol. The Bertz CT molecular complexity index is 286. The highest BCUT2D eigenvalue weighted by Gasteiger charge is 2.28. The second-order valence-electron chi connectivity index (χ2n) is 5.68. The molecule has 0 atom stereocenters. The van der Waals surface area contributed by atoms with Crippen LogP contribution in [0.2, 0.25) is 0 Å². The van der Waals surface area contributed by atoms with Gasteiger partial charge in [0.1, 0.15) is 0 Å². The molecular weight excluding hydrogens is 218 g/mol. The zero-order valence-corrected chi connectivity index (χ0v) is 10.9. The van der Waals surface area contributed by atoms with Crippen molar-refractivity contribution in [2.75, 3.05) is 13.1 Å². The summed E-state index contributed by atoms with van der Waals surface area (Å²) in [5.74, 6) is -0.597. The topological polar surface area (TPSA) is 57.6 Å². The first kappa shape index (κ1) is 14.0. The van der Waals surface area contributed by atoms with E-state index >= 15 is 0 Å². The van der Waals surface area contributed by atoms with Gasteiger partial charge in [-0.15, -0.1) is 0 Å². The molecule has 0 aromatic carbocycles. The zero-order chi connectivity index (χ0) is 12.9. The number of amides is 1. The largest absolute Gasteiger partial charge is 0.481 e. The van der Waals surface area contributed by atoms with E-state index in [0.29, 0.717) is 19.3 Å². The van der Waals surface area contributed by atoms with Gasteiger partial charge < -0.3 is 10.0 Å². The van der Waals surface area contributed by atoms with Gasteiger partial charge in [0.2, 0.25) is 5.91 Å². The molecular formula is C13H23NO3. The van der Waals surface area contributed by atoms with Gasteiger partial charge in [0.25, 0.3) is 0 Å². The number of piperidine rings is 1. The Labute approximate surface area is 103 Å². The molecule has 0 saturated carbocycles. The molecule has 1 rings (SSSR count). The number of carboxylic acid groups (broad SMARTS) is 1. The minimum absolute atomic E-state index is 0.165. The molecule has 0 aromatic rings. The van der Waals surface area contributed by atoms with E-state index in [4.69, 9.17) is 5.11 Å². The average Bonchev–Trinajstić information content (AvgIpc) is 2.22. The summed E-state index contributed by atoms with van der Waals surface area (Å²) in [5.41, 5.74) is 0.231. The van der Waals surface area contributed by atoms with Crippen LogP contribution in [0.25, 0.3) is 0 Å². The second kappa shape index (κ2) is 6.03. The highest BCUT2D eigenvalue weighted by atomic mass is 16.4. The number of carbonyl (C=O) groups excluding carboxylic acids is 1. The highest BCUT2D eigenvalue weighted by molar-refractivity contribution is 5.76. The summed E-state index contributed by atoms with van der Waals surface area (Å²) in [5, 5.41) is 8.50. The highest BCUT2D eigenvalue weighted by Crippen LogP contribution is 2.28. The van der Waals surface area contributed by atoms with Gasteiger partial charge in [-0.1, -0.05) is 13.8 Å². The van der Waals surface area contributed by atoms with Crippen LogP contribution in [0.1, 0.15) is 52.4 Å². The van der Waals surface area contributed by atoms with Crippen LogP contribution in [0, 0.1) is 5.41 Å². The number of nitrogens with zero attached hydrogens (tertiary/aromatic N) is 1. The van der Waals surface area contributed by atoms with Crippen molar-refractivity contribution in [1.29, 1.82) is 0 Å². The maximum absolute atomic E-state index is 11.9. The van der Waals surface area contributed by atoms with Crippen molar-refractivity contribution in [2.45, 2.75) is 52.4 Å². The van der Waals surface area contributed by atoms with Crippen LogP contribution in [0.15, 0.2) is 0 Å². The van der Waals surface area contributed by atoms with Crippen LogP contribution in [0.3, 0.4) is 0 Å². The Hall–Kier alpha value is -1.06. The number of likely N-dealkylation sites (tertiary alicyclic amines) is 1. The monoisotopic (exact) mass is 241 g/mol. The minimum Gasteiger partial charge on any atom is -0.481 e. The fourth-order valence-corrected chi connectivity index (χ4v) is 2.35. The Kier molecular flexibility index (Phi) is 4.97. The first-order valence-electron chi connectivity index (χ1n) is 6.40. The van der Waals surface area contributed by atoms with Gasteiger partial charge in [0.05, 0.1) is 0 Å². The van der Waals surface area contributed by atoms with E-state index in [1.54, 1.807) is 0 Å². The molecule has 1 N–H and O–H groups in total. The van der Waals surface area contributed by atoms with Crippen LogP contribution in [-0.4, -0.2) is 35.0 Å². The van der Waals surface area contributed by atoms with Crippen LogP contribution < -0.4 is 0 Å². The molecule has 1 aliphatic rings. The lowest BCUT2D eigenvalue weighted by Gasteiger charge is -2.38. The van der Waals surface area contributed by atoms with Crippen LogP contribution in [-0.2, 0) is 9.59 Å². The molecule has 0 radical (unpaired) electrons. The Morgan fingerprint density at radius 1 is 1.24 bits per heavy atom. The summed E-state index contributed by atoms with van der Waals surface area (Å²) >= 11 is 0. The molecule has 4 nitrogen and oxygen atoms in total. The summed E-state index contributed by atoms with van der Waals surface area (Å²) in [6.07, 6.45) is 4.19. The van der Waals surface area contributed by atoms with Crippen LogP contribution in [0.5, 0.6) is 0 Å². The zero-order valence-electron chi connectivity index (χ0n) is 10.9. The number of hydrogen-bond acceptors (Lipinski definition) is 2. The molecule has 1 aliphatic heterocycles. The fourth-order valence-electron chi connectivity index (χ4n) is 2.35. The number of aliphatic carboxylic acids is 1. The predicted octanol–water partition coefficient (Wildman–Crippen LogP) is 2.28. The van der Waals surface area contributed by atoms with Crippen molar-refractivity contribution < 1.29 is 14.7 Å². The van der Waals surface area contributed by atoms with E-state index in [0.717, 1.165) is 19.5 Å². The number of rotatable bonds is 5. The number of carbonyl (C=O) groups is 2. The van der Waals surface area contributed by atoms with Crippen molar-refractivity contribution >= 4 is 11.9 Å². The van der Waals surface area contributed by atoms with E-state index in [9.17, 15) is 9.59 Å². The first-order chi connectivity index (χ1) is 7.91. The normalized spacial score (nSPS) is 19.1. The van der Waals surface area contributed by atoms with Gasteiger partial charge >= 0.3 is 5.97 Å². The fraction of sp³-hybridized carbons (Fsp3) is 0.846. The molecule has 1 heterocycles. The molecule has 1 fully saturated rings. The van der Waals surface area contributed by atoms with Crippen LogP contribution >= 0.6 is 0 Å². The molecule has 17 heavy (non-hydrogen) atoms. The number of carboxylic acids is 1. The van der Waals surface area contributed by atoms with Gasteiger partial charge in [-0.3, -0.25) is 9.59 Å². The quantitative estimate of drug-likeness (QED) is 0.751. The summed E-state index contributed by atoms with van der Waals surface area (Å²) in [6.45, 7) is 6.08. The molecule has 1 saturated heterocycles. The van der Waals surface area contributed by atoms with Gasteiger partial charge in [0.15, 0.2) is 0 Å². The molecule has 4 heteroatoms. The van der Waals surface area contributed by atoms with Crippen molar-refractivity contribution in [1.82, 2.24) is 4.90 Å². The Balaban J connectivity index is 2.25. The second-order valence-corrected chi connectivity index (χ2v) is 5.68. The molecule has 98 valence electrons. The SMILES string of the molecule is CC1(C)CCCN(C(=O)CCCCC(=O)O)C1. The summed E-state index contributed by atoms with van der Waals surface area (Å²) in [6, 6.07) is 0. The van der Waals surface area contributed by atoms with Crippen molar-refractivity contribution in [3.63, 3.8) is 0 Å². The summed E-state index contributed by atoms with van der Waals surface area (Å²) in [4.78, 5) is 24.2. The van der Waals surface area contributed by atoms with Gasteiger partial charge in [-0.25, -0.2) is 0 Å². The molecule has 0 unspecified atom stereocenters. The van der Waals surface area contributed by atoms with E-state index in [-0.39, 0.29) is 17.7 Å². The van der Waals surface area contributed by atoms with Crippen molar-refractivity contribution in [3.05, 3.63) is 0 Å². The number of hydrogen-bond donors (Lipinski definition) is 1. The maximum Gasteiger partial charge on any atom is 0.303 e. The lowest BCUT2D eigenvalue weighted by Crippen LogP contribution is -2.43. The maximum atomic E-state index is 11.9. The molecule has 0 bridgehead atoms. The number of unbranched alkanes of at least 4 members (excludes halogenated alkanes) is 1. The van der Waals surface area contributed by atoms with Crippen molar-refractivity contribution in [3.8, 4) is 0 Å².